The summed E-state index contributed by atoms with van der Waals surface area (Å²) in [4.78, 5) is 11.5. The van der Waals surface area contributed by atoms with Crippen molar-refractivity contribution in [2.75, 3.05) is 0 Å². The Morgan fingerprint density at radius 1 is 0.958 bits per heavy atom. The van der Waals surface area contributed by atoms with E-state index in [1.807, 2.05) is 18.2 Å². The maximum Gasteiger partial charge on any atom is 0.312 e. The fourth-order valence-corrected chi connectivity index (χ4v) is 2.81. The Kier molecular flexibility index (Phi) is 3.87. The van der Waals surface area contributed by atoms with Gasteiger partial charge in [-0.1, -0.05) is 30.3 Å². The van der Waals surface area contributed by atoms with Gasteiger partial charge in [-0.25, -0.2) is 4.79 Å². The average molecular weight is 324 g/mol. The molecular weight excluding hydrogens is 308 g/mol. The number of rotatable bonds is 3. The Morgan fingerprint density at radius 3 is 2.42 bits per heavy atom. The standard InChI is InChI=1S/C18H16N2O4/c19-18(24)20-17(13-7-6-11(21)9-15(13)23)16-12-4-2-1-3-10(12)5-8-14(16)22/h1-9,17,21-23H,(H3,19,20,24). The van der Waals surface area contributed by atoms with Crippen molar-refractivity contribution in [1.82, 2.24) is 5.32 Å². The molecule has 0 saturated carbocycles. The smallest absolute Gasteiger partial charge is 0.312 e. The quantitative estimate of drug-likeness (QED) is 0.509. The van der Waals surface area contributed by atoms with Gasteiger partial charge in [0.25, 0.3) is 0 Å². The lowest BCUT2D eigenvalue weighted by molar-refractivity contribution is 0.246. The highest BCUT2D eigenvalue weighted by atomic mass is 16.3. The summed E-state index contributed by atoms with van der Waals surface area (Å²) in [6, 6.07) is 12.9. The molecule has 0 bridgehead atoms. The van der Waals surface area contributed by atoms with E-state index in [4.69, 9.17) is 5.73 Å². The van der Waals surface area contributed by atoms with Gasteiger partial charge < -0.3 is 26.4 Å². The molecule has 6 N–H and O–H groups in total. The molecular formula is C18H16N2O4. The summed E-state index contributed by atoms with van der Waals surface area (Å²) in [7, 11) is 0. The molecule has 122 valence electrons. The highest BCUT2D eigenvalue weighted by Crippen LogP contribution is 2.39. The number of phenolic OH excluding ortho intramolecular Hbond substituents is 3. The van der Waals surface area contributed by atoms with Gasteiger partial charge in [0.2, 0.25) is 0 Å². The normalized spacial score (nSPS) is 12.0. The van der Waals surface area contributed by atoms with Crippen molar-refractivity contribution in [3.63, 3.8) is 0 Å². The third kappa shape index (κ3) is 2.77. The number of carbonyl (C=O) groups excluding carboxylic acids is 1. The number of hydrogen-bond donors (Lipinski definition) is 5. The minimum Gasteiger partial charge on any atom is -0.508 e. The molecule has 0 fully saturated rings. The van der Waals surface area contributed by atoms with Crippen molar-refractivity contribution in [3.05, 3.63) is 65.7 Å². The zero-order valence-corrected chi connectivity index (χ0v) is 12.6. The van der Waals surface area contributed by atoms with Gasteiger partial charge >= 0.3 is 6.03 Å². The summed E-state index contributed by atoms with van der Waals surface area (Å²) in [5, 5.41) is 34.1. The number of primary amides is 1. The van der Waals surface area contributed by atoms with Crippen molar-refractivity contribution in [3.8, 4) is 17.2 Å². The number of benzene rings is 3. The summed E-state index contributed by atoms with van der Waals surface area (Å²) in [5.41, 5.74) is 5.99. The van der Waals surface area contributed by atoms with Gasteiger partial charge in [0, 0.05) is 17.2 Å². The van der Waals surface area contributed by atoms with Crippen LogP contribution in [0.15, 0.2) is 54.6 Å². The van der Waals surface area contributed by atoms with E-state index >= 15 is 0 Å². The third-order valence-electron chi connectivity index (χ3n) is 3.85. The van der Waals surface area contributed by atoms with E-state index in [-0.39, 0.29) is 17.2 Å². The van der Waals surface area contributed by atoms with Crippen molar-refractivity contribution < 1.29 is 20.1 Å². The second kappa shape index (κ2) is 6.00. The van der Waals surface area contributed by atoms with Crippen molar-refractivity contribution in [1.29, 1.82) is 0 Å². The lowest BCUT2D eigenvalue weighted by Crippen LogP contribution is -2.34. The number of urea groups is 1. The Bertz CT molecular complexity index is 924. The van der Waals surface area contributed by atoms with Gasteiger partial charge in [-0.3, -0.25) is 0 Å². The summed E-state index contributed by atoms with van der Waals surface area (Å²) in [6.07, 6.45) is 0. The Hall–Kier alpha value is -3.41. The van der Waals surface area contributed by atoms with Crippen LogP contribution in [0.3, 0.4) is 0 Å². The molecule has 0 saturated heterocycles. The van der Waals surface area contributed by atoms with Crippen LogP contribution >= 0.6 is 0 Å². The second-order valence-electron chi connectivity index (χ2n) is 5.40. The summed E-state index contributed by atoms with van der Waals surface area (Å²) < 4.78 is 0. The molecule has 0 radical (unpaired) electrons. The Labute approximate surface area is 137 Å². The fraction of sp³-hybridized carbons (Fsp3) is 0.0556. The molecule has 0 aliphatic carbocycles. The van der Waals surface area contributed by atoms with E-state index < -0.39 is 12.1 Å². The zero-order chi connectivity index (χ0) is 17.3. The minimum atomic E-state index is -0.880. The highest BCUT2D eigenvalue weighted by Gasteiger charge is 2.24. The molecule has 6 heteroatoms. The number of aromatic hydroxyl groups is 3. The molecule has 3 rings (SSSR count). The lowest BCUT2D eigenvalue weighted by Gasteiger charge is -2.22. The van der Waals surface area contributed by atoms with E-state index in [0.29, 0.717) is 16.5 Å². The van der Waals surface area contributed by atoms with Crippen LogP contribution in [0, 0.1) is 0 Å². The molecule has 3 aromatic carbocycles. The van der Waals surface area contributed by atoms with Crippen LogP contribution in [0.4, 0.5) is 4.79 Å². The van der Waals surface area contributed by atoms with E-state index in [0.717, 1.165) is 11.5 Å². The monoisotopic (exact) mass is 324 g/mol. The van der Waals surface area contributed by atoms with Crippen LogP contribution in [0.2, 0.25) is 0 Å². The largest absolute Gasteiger partial charge is 0.508 e. The number of amides is 2. The molecule has 0 aliphatic heterocycles. The molecule has 0 aliphatic rings. The van der Waals surface area contributed by atoms with Crippen molar-refractivity contribution in [2.24, 2.45) is 5.73 Å². The minimum absolute atomic E-state index is 0.0417. The van der Waals surface area contributed by atoms with E-state index in [2.05, 4.69) is 5.32 Å². The van der Waals surface area contributed by atoms with Gasteiger partial charge in [0.15, 0.2) is 0 Å². The maximum atomic E-state index is 11.5. The van der Waals surface area contributed by atoms with Crippen LogP contribution in [0.1, 0.15) is 17.2 Å². The van der Waals surface area contributed by atoms with Crippen molar-refractivity contribution in [2.45, 2.75) is 6.04 Å². The van der Waals surface area contributed by atoms with Gasteiger partial charge in [-0.05, 0) is 29.0 Å². The highest BCUT2D eigenvalue weighted by molar-refractivity contribution is 5.89. The number of nitrogens with one attached hydrogen (secondary N) is 1. The topological polar surface area (TPSA) is 116 Å². The fourth-order valence-electron chi connectivity index (χ4n) is 2.81. The van der Waals surface area contributed by atoms with Gasteiger partial charge in [0.05, 0.1) is 6.04 Å². The molecule has 0 heterocycles. The van der Waals surface area contributed by atoms with Gasteiger partial charge in [-0.2, -0.15) is 0 Å². The average Bonchev–Trinajstić information content (AvgIpc) is 2.53. The number of hydrogen-bond acceptors (Lipinski definition) is 4. The first-order valence-corrected chi connectivity index (χ1v) is 7.26. The van der Waals surface area contributed by atoms with E-state index in [1.165, 1.54) is 18.2 Å². The van der Waals surface area contributed by atoms with E-state index in [1.54, 1.807) is 12.1 Å². The van der Waals surface area contributed by atoms with Crippen LogP contribution in [0.25, 0.3) is 10.8 Å². The molecule has 3 aromatic rings. The van der Waals surface area contributed by atoms with Gasteiger partial charge in [-0.15, -0.1) is 0 Å². The predicted molar refractivity (Wildman–Crippen MR) is 89.9 cm³/mol. The van der Waals surface area contributed by atoms with Gasteiger partial charge in [0.1, 0.15) is 17.2 Å². The number of phenols is 3. The molecule has 2 amide bonds. The lowest BCUT2D eigenvalue weighted by atomic mass is 9.92. The molecule has 1 atom stereocenters. The molecule has 0 spiro atoms. The van der Waals surface area contributed by atoms with Crippen molar-refractivity contribution >= 4 is 16.8 Å². The summed E-state index contributed by atoms with van der Waals surface area (Å²) in [5.74, 6) is -0.378. The second-order valence-corrected chi connectivity index (χ2v) is 5.40. The predicted octanol–water partition coefficient (Wildman–Crippen LogP) is 2.71. The van der Waals surface area contributed by atoms with Crippen LogP contribution in [-0.4, -0.2) is 21.4 Å². The molecule has 0 aromatic heterocycles. The van der Waals surface area contributed by atoms with Crippen LogP contribution < -0.4 is 11.1 Å². The van der Waals surface area contributed by atoms with Crippen LogP contribution in [-0.2, 0) is 0 Å². The number of fused-ring (bicyclic) bond motifs is 1. The number of carbonyl (C=O) groups is 1. The molecule has 1 unspecified atom stereocenters. The van der Waals surface area contributed by atoms with E-state index in [9.17, 15) is 20.1 Å². The third-order valence-corrected chi connectivity index (χ3v) is 3.85. The first-order valence-electron chi connectivity index (χ1n) is 7.26. The first-order chi connectivity index (χ1) is 11.5. The first kappa shape index (κ1) is 15.5. The Morgan fingerprint density at radius 2 is 1.71 bits per heavy atom. The Balaban J connectivity index is 2.27. The summed E-state index contributed by atoms with van der Waals surface area (Å²) >= 11 is 0. The molecule has 24 heavy (non-hydrogen) atoms. The zero-order valence-electron chi connectivity index (χ0n) is 12.6. The maximum absolute atomic E-state index is 11.5. The van der Waals surface area contributed by atoms with Crippen LogP contribution in [0.5, 0.6) is 17.2 Å². The SMILES string of the molecule is NC(=O)NC(c1ccc(O)cc1O)c1c(O)ccc2ccccc12. The summed E-state index contributed by atoms with van der Waals surface area (Å²) in [6.45, 7) is 0. The number of nitrogens with two attached hydrogens (primary N) is 1. The molecule has 6 nitrogen and oxygen atoms in total.